The molecule has 25 heavy (non-hydrogen) atoms. The van der Waals surface area contributed by atoms with Crippen molar-refractivity contribution in [3.63, 3.8) is 0 Å². The van der Waals surface area contributed by atoms with Crippen molar-refractivity contribution in [2.24, 2.45) is 0 Å². The second-order valence-corrected chi connectivity index (χ2v) is 8.49. The van der Waals surface area contributed by atoms with Crippen LogP contribution in [0.15, 0.2) is 40.2 Å². The van der Waals surface area contributed by atoms with Crippen LogP contribution in [0.5, 0.6) is 0 Å². The Morgan fingerprint density at radius 1 is 1.24 bits per heavy atom. The van der Waals surface area contributed by atoms with Gasteiger partial charge in [-0.15, -0.1) is 23.7 Å². The molecule has 0 spiro atoms. The molecule has 0 unspecified atom stereocenters. The highest BCUT2D eigenvalue weighted by molar-refractivity contribution is 9.10. The van der Waals surface area contributed by atoms with Crippen LogP contribution in [0.2, 0.25) is 0 Å². The van der Waals surface area contributed by atoms with Crippen molar-refractivity contribution < 1.29 is 4.79 Å². The quantitative estimate of drug-likeness (QED) is 0.712. The van der Waals surface area contributed by atoms with Crippen molar-refractivity contribution >= 4 is 45.6 Å². The molecule has 2 aromatic rings. The van der Waals surface area contributed by atoms with Gasteiger partial charge in [0, 0.05) is 48.0 Å². The topological polar surface area (TPSA) is 23.6 Å². The van der Waals surface area contributed by atoms with Crippen LogP contribution in [0.25, 0.3) is 0 Å². The van der Waals surface area contributed by atoms with Crippen molar-refractivity contribution in [2.75, 3.05) is 19.6 Å². The Labute approximate surface area is 167 Å². The first-order chi connectivity index (χ1) is 11.7. The van der Waals surface area contributed by atoms with E-state index in [2.05, 4.69) is 38.3 Å². The number of carbonyl (C=O) groups excluding carboxylic acids is 1. The zero-order valence-corrected chi connectivity index (χ0v) is 17.2. The van der Waals surface area contributed by atoms with E-state index in [9.17, 15) is 4.79 Å². The van der Waals surface area contributed by atoms with Crippen LogP contribution in [-0.4, -0.2) is 41.4 Å². The maximum Gasteiger partial charge on any atom is 0.223 e. The van der Waals surface area contributed by atoms with E-state index in [0.717, 1.165) is 37.1 Å². The van der Waals surface area contributed by atoms with Crippen LogP contribution in [0.4, 0.5) is 0 Å². The fraction of sp³-hybridized carbons (Fsp3) is 0.421. The van der Waals surface area contributed by atoms with E-state index in [0.29, 0.717) is 12.5 Å². The summed E-state index contributed by atoms with van der Waals surface area (Å²) in [5, 5.41) is 2.20. The summed E-state index contributed by atoms with van der Waals surface area (Å²) < 4.78 is 1.10. The van der Waals surface area contributed by atoms with Crippen molar-refractivity contribution in [1.29, 1.82) is 0 Å². The van der Waals surface area contributed by atoms with Crippen molar-refractivity contribution in [3.8, 4) is 0 Å². The molecule has 1 aromatic heterocycles. The molecule has 0 aliphatic carbocycles. The van der Waals surface area contributed by atoms with Gasteiger partial charge in [0.1, 0.15) is 0 Å². The molecule has 3 heterocycles. The number of likely N-dealkylation sites (tertiary alicyclic amines) is 1. The van der Waals surface area contributed by atoms with E-state index < -0.39 is 0 Å². The van der Waals surface area contributed by atoms with Crippen LogP contribution in [0.3, 0.4) is 0 Å². The molecule has 1 aromatic carbocycles. The second-order valence-electron chi connectivity index (χ2n) is 6.63. The average molecular weight is 442 g/mol. The Morgan fingerprint density at radius 2 is 2.04 bits per heavy atom. The van der Waals surface area contributed by atoms with Gasteiger partial charge in [0.15, 0.2) is 0 Å². The third kappa shape index (κ3) is 4.11. The second kappa shape index (κ2) is 8.21. The lowest BCUT2D eigenvalue weighted by Gasteiger charge is -2.46. The van der Waals surface area contributed by atoms with Crippen LogP contribution >= 0.6 is 39.7 Å². The van der Waals surface area contributed by atoms with Gasteiger partial charge in [-0.1, -0.05) is 34.1 Å². The fourth-order valence-electron chi connectivity index (χ4n) is 3.57. The van der Waals surface area contributed by atoms with E-state index in [4.69, 9.17) is 0 Å². The van der Waals surface area contributed by atoms with Crippen molar-refractivity contribution in [2.45, 2.75) is 31.8 Å². The maximum absolute atomic E-state index is 12.4. The average Bonchev–Trinajstić information content (AvgIpc) is 3.00. The van der Waals surface area contributed by atoms with Gasteiger partial charge >= 0.3 is 0 Å². The number of benzene rings is 1. The number of hydrogen-bond donors (Lipinski definition) is 0. The molecule has 1 fully saturated rings. The molecule has 0 atom stereocenters. The van der Waals surface area contributed by atoms with E-state index >= 15 is 0 Å². The molecule has 0 radical (unpaired) electrons. The normalized spacial score (nSPS) is 17.6. The summed E-state index contributed by atoms with van der Waals surface area (Å²) in [6.07, 6.45) is 2.58. The first-order valence-corrected chi connectivity index (χ1v) is 10.2. The minimum atomic E-state index is 0. The van der Waals surface area contributed by atoms with Crippen LogP contribution in [0, 0.1) is 0 Å². The van der Waals surface area contributed by atoms with Gasteiger partial charge in [-0.25, -0.2) is 0 Å². The smallest absolute Gasteiger partial charge is 0.223 e. The molecular formula is C19H22BrClN2OS. The summed E-state index contributed by atoms with van der Waals surface area (Å²) in [6.45, 7) is 3.99. The van der Waals surface area contributed by atoms with E-state index in [1.807, 2.05) is 34.4 Å². The number of rotatable bonds is 4. The highest BCUT2D eigenvalue weighted by Crippen LogP contribution is 2.28. The third-order valence-electron chi connectivity index (χ3n) is 5.13. The molecule has 3 nitrogen and oxygen atoms in total. The largest absolute Gasteiger partial charge is 0.339 e. The summed E-state index contributed by atoms with van der Waals surface area (Å²) in [6, 6.07) is 11.0. The summed E-state index contributed by atoms with van der Waals surface area (Å²) in [5.74, 6) is 0.287. The number of aryl methyl sites for hydroxylation is 1. The molecule has 2 aliphatic heterocycles. The lowest BCUT2D eigenvalue weighted by atomic mass is 10.0. The number of fused-ring (bicyclic) bond motifs is 1. The Hall–Kier alpha value is -0.880. The molecule has 0 bridgehead atoms. The molecule has 1 saturated heterocycles. The van der Waals surface area contributed by atoms with E-state index in [-0.39, 0.29) is 18.3 Å². The summed E-state index contributed by atoms with van der Waals surface area (Å²) >= 11 is 5.44. The van der Waals surface area contributed by atoms with Gasteiger partial charge in [-0.3, -0.25) is 9.69 Å². The summed E-state index contributed by atoms with van der Waals surface area (Å²) in [7, 11) is 0. The molecule has 0 saturated carbocycles. The number of amides is 1. The highest BCUT2D eigenvalue weighted by atomic mass is 79.9. The molecule has 0 N–H and O–H groups in total. The van der Waals surface area contributed by atoms with E-state index in [1.54, 1.807) is 4.88 Å². The van der Waals surface area contributed by atoms with Crippen LogP contribution in [0.1, 0.15) is 22.4 Å². The molecule has 6 heteroatoms. The van der Waals surface area contributed by atoms with Gasteiger partial charge in [0.05, 0.1) is 0 Å². The van der Waals surface area contributed by atoms with Gasteiger partial charge in [0.2, 0.25) is 5.91 Å². The molecule has 2 aliphatic rings. The Bertz CT molecular complexity index is 745. The Balaban J connectivity index is 0.00000182. The van der Waals surface area contributed by atoms with Crippen LogP contribution in [-0.2, 0) is 24.2 Å². The Morgan fingerprint density at radius 3 is 2.84 bits per heavy atom. The molecule has 1 amide bonds. The van der Waals surface area contributed by atoms with Gasteiger partial charge in [-0.2, -0.15) is 0 Å². The fourth-order valence-corrected chi connectivity index (χ4v) is 4.95. The van der Waals surface area contributed by atoms with Crippen molar-refractivity contribution in [1.82, 2.24) is 9.80 Å². The molecular weight excluding hydrogens is 420 g/mol. The Kier molecular flexibility index (Phi) is 6.21. The highest BCUT2D eigenvalue weighted by Gasteiger charge is 2.35. The predicted molar refractivity (Wildman–Crippen MR) is 109 cm³/mol. The zero-order chi connectivity index (χ0) is 16.5. The van der Waals surface area contributed by atoms with Gasteiger partial charge in [-0.05, 0) is 41.5 Å². The summed E-state index contributed by atoms with van der Waals surface area (Å²) in [4.78, 5) is 18.5. The number of hydrogen-bond acceptors (Lipinski definition) is 3. The standard InChI is InChI=1S/C19H21BrN2OS.ClH/c20-17-4-2-1-3-14(17)5-6-19(23)22-12-16(13-22)21-9-7-18-15(11-21)8-10-24-18;/h1-4,8,10,16H,5-7,9,11-13H2;1H. The number of thiophene rings is 1. The van der Waals surface area contributed by atoms with Gasteiger partial charge in [0.25, 0.3) is 0 Å². The number of nitrogens with zero attached hydrogens (tertiary/aromatic N) is 2. The van der Waals surface area contributed by atoms with Crippen molar-refractivity contribution in [3.05, 3.63) is 56.2 Å². The minimum Gasteiger partial charge on any atom is -0.339 e. The summed E-state index contributed by atoms with van der Waals surface area (Å²) in [5.41, 5.74) is 2.70. The lowest BCUT2D eigenvalue weighted by molar-refractivity contribution is -0.138. The first kappa shape index (κ1) is 18.9. The molecule has 4 rings (SSSR count). The monoisotopic (exact) mass is 440 g/mol. The van der Waals surface area contributed by atoms with Gasteiger partial charge < -0.3 is 4.90 Å². The number of halogens is 2. The SMILES string of the molecule is Cl.O=C(CCc1ccccc1Br)N1CC(N2CCc3sccc3C2)C1. The minimum absolute atomic E-state index is 0. The zero-order valence-electron chi connectivity index (χ0n) is 14.0. The van der Waals surface area contributed by atoms with Crippen LogP contribution < -0.4 is 0 Å². The third-order valence-corrected chi connectivity index (χ3v) is 6.93. The number of carbonyl (C=O) groups is 1. The predicted octanol–water partition coefficient (Wildman–Crippen LogP) is 4.13. The first-order valence-electron chi connectivity index (χ1n) is 8.51. The maximum atomic E-state index is 12.4. The lowest BCUT2D eigenvalue weighted by Crippen LogP contribution is -2.61. The van der Waals surface area contributed by atoms with E-state index in [1.165, 1.54) is 17.5 Å². The molecule has 134 valence electrons.